The van der Waals surface area contributed by atoms with Crippen LogP contribution in [-0.4, -0.2) is 50.6 Å². The molecule has 1 fully saturated rings. The van der Waals surface area contributed by atoms with Gasteiger partial charge < -0.3 is 19.7 Å². The van der Waals surface area contributed by atoms with Crippen LogP contribution in [-0.2, 0) is 9.59 Å². The van der Waals surface area contributed by atoms with Gasteiger partial charge in [0.05, 0.1) is 14.2 Å². The van der Waals surface area contributed by atoms with Crippen LogP contribution in [0.15, 0.2) is 24.3 Å². The highest BCUT2D eigenvalue weighted by Crippen LogP contribution is 2.25. The van der Waals surface area contributed by atoms with Crippen molar-refractivity contribution in [2.24, 2.45) is 0 Å². The smallest absolute Gasteiger partial charge is 0.244 e. The average molecular weight is 332 g/mol. The lowest BCUT2D eigenvalue weighted by Gasteiger charge is -2.14. The van der Waals surface area contributed by atoms with E-state index in [2.05, 4.69) is 5.32 Å². The molecule has 0 radical (unpaired) electrons. The van der Waals surface area contributed by atoms with Gasteiger partial charge in [-0.1, -0.05) is 0 Å². The number of methoxy groups -OCH3 is 2. The second-order valence-electron chi connectivity index (χ2n) is 5.57. The van der Waals surface area contributed by atoms with E-state index in [0.29, 0.717) is 31.0 Å². The predicted octanol–water partition coefficient (Wildman–Crippen LogP) is 1.85. The lowest BCUT2D eigenvalue weighted by atomic mass is 10.1. The third-order valence-corrected chi connectivity index (χ3v) is 3.93. The van der Waals surface area contributed by atoms with Crippen molar-refractivity contribution in [1.29, 1.82) is 0 Å². The molecule has 6 heteroatoms. The van der Waals surface area contributed by atoms with Gasteiger partial charge in [0.1, 0.15) is 11.5 Å². The van der Waals surface area contributed by atoms with Gasteiger partial charge in [0.15, 0.2) is 0 Å². The van der Waals surface area contributed by atoms with Gasteiger partial charge >= 0.3 is 0 Å². The molecule has 0 unspecified atom stereocenters. The van der Waals surface area contributed by atoms with Crippen molar-refractivity contribution in [2.45, 2.75) is 19.3 Å². The van der Waals surface area contributed by atoms with Crippen LogP contribution in [0, 0.1) is 0 Å². The van der Waals surface area contributed by atoms with E-state index in [4.69, 9.17) is 9.47 Å². The molecule has 0 aromatic heterocycles. The molecule has 1 N–H and O–H groups in total. The van der Waals surface area contributed by atoms with Crippen LogP contribution in [0.25, 0.3) is 6.08 Å². The first-order chi connectivity index (χ1) is 11.6. The highest BCUT2D eigenvalue weighted by Gasteiger charge is 2.18. The number of rotatable bonds is 8. The second-order valence-corrected chi connectivity index (χ2v) is 5.57. The van der Waals surface area contributed by atoms with Crippen molar-refractivity contribution in [3.05, 3.63) is 29.8 Å². The van der Waals surface area contributed by atoms with Gasteiger partial charge in [-0.25, -0.2) is 0 Å². The molecule has 0 spiro atoms. The Kier molecular flexibility index (Phi) is 6.66. The maximum absolute atomic E-state index is 11.9. The highest BCUT2D eigenvalue weighted by atomic mass is 16.5. The van der Waals surface area contributed by atoms with E-state index in [-0.39, 0.29) is 11.8 Å². The molecule has 1 heterocycles. The lowest BCUT2D eigenvalue weighted by molar-refractivity contribution is -0.127. The van der Waals surface area contributed by atoms with Gasteiger partial charge in [-0.15, -0.1) is 0 Å². The van der Waals surface area contributed by atoms with Crippen molar-refractivity contribution in [2.75, 3.05) is 33.9 Å². The van der Waals surface area contributed by atoms with Crippen LogP contribution in [0.5, 0.6) is 11.5 Å². The van der Waals surface area contributed by atoms with Gasteiger partial charge in [0, 0.05) is 43.8 Å². The van der Waals surface area contributed by atoms with Crippen LogP contribution >= 0.6 is 0 Å². The third kappa shape index (κ3) is 5.01. The van der Waals surface area contributed by atoms with E-state index in [1.807, 2.05) is 17.0 Å². The quantitative estimate of drug-likeness (QED) is 0.583. The first kappa shape index (κ1) is 17.8. The molecular weight excluding hydrogens is 308 g/mol. The fourth-order valence-corrected chi connectivity index (χ4v) is 2.60. The molecule has 24 heavy (non-hydrogen) atoms. The summed E-state index contributed by atoms with van der Waals surface area (Å²) in [6.45, 7) is 2.09. The summed E-state index contributed by atoms with van der Waals surface area (Å²) < 4.78 is 10.4. The number of hydrogen-bond acceptors (Lipinski definition) is 4. The summed E-state index contributed by atoms with van der Waals surface area (Å²) in [6, 6.07) is 5.41. The zero-order chi connectivity index (χ0) is 17.4. The molecule has 1 saturated heterocycles. The van der Waals surface area contributed by atoms with E-state index in [1.165, 1.54) is 6.08 Å². The first-order valence-electron chi connectivity index (χ1n) is 8.09. The van der Waals surface area contributed by atoms with Crippen molar-refractivity contribution in [1.82, 2.24) is 10.2 Å². The van der Waals surface area contributed by atoms with Gasteiger partial charge in [-0.2, -0.15) is 0 Å². The van der Waals surface area contributed by atoms with E-state index in [9.17, 15) is 9.59 Å². The van der Waals surface area contributed by atoms with Crippen molar-refractivity contribution < 1.29 is 19.1 Å². The number of benzene rings is 1. The SMILES string of the molecule is COc1ccc(C=CC(=O)NCCCN2CCCC2=O)c(OC)c1. The summed E-state index contributed by atoms with van der Waals surface area (Å²) in [6.07, 6.45) is 5.54. The van der Waals surface area contributed by atoms with Crippen LogP contribution < -0.4 is 14.8 Å². The second kappa shape index (κ2) is 8.96. The van der Waals surface area contributed by atoms with Crippen molar-refractivity contribution in [3.8, 4) is 11.5 Å². The molecule has 6 nitrogen and oxygen atoms in total. The fourth-order valence-electron chi connectivity index (χ4n) is 2.60. The number of carbonyl (C=O) groups excluding carboxylic acids is 2. The van der Waals surface area contributed by atoms with Crippen LogP contribution in [0.4, 0.5) is 0 Å². The summed E-state index contributed by atoms with van der Waals surface area (Å²) in [4.78, 5) is 25.2. The summed E-state index contributed by atoms with van der Waals surface area (Å²) >= 11 is 0. The molecule has 130 valence electrons. The number of nitrogens with one attached hydrogen (secondary N) is 1. The Morgan fingerprint density at radius 3 is 2.83 bits per heavy atom. The molecule has 1 aliphatic heterocycles. The zero-order valence-electron chi connectivity index (χ0n) is 14.2. The summed E-state index contributed by atoms with van der Waals surface area (Å²) in [5.41, 5.74) is 0.802. The Labute approximate surface area is 142 Å². The average Bonchev–Trinajstić information content (AvgIpc) is 3.01. The Morgan fingerprint density at radius 1 is 1.33 bits per heavy atom. The summed E-state index contributed by atoms with van der Waals surface area (Å²) in [5, 5.41) is 2.82. The standard InChI is InChI=1S/C18H24N2O4/c1-23-15-8-6-14(16(13-15)24-2)7-9-17(21)19-10-4-12-20-11-3-5-18(20)22/h6-9,13H,3-5,10-12H2,1-2H3,(H,19,21). The first-order valence-corrected chi connectivity index (χ1v) is 8.09. The Hall–Kier alpha value is -2.50. The van der Waals surface area contributed by atoms with E-state index >= 15 is 0 Å². The molecule has 0 aliphatic carbocycles. The number of carbonyl (C=O) groups is 2. The number of hydrogen-bond donors (Lipinski definition) is 1. The van der Waals surface area contributed by atoms with E-state index in [0.717, 1.165) is 24.9 Å². The van der Waals surface area contributed by atoms with Gasteiger partial charge in [-0.3, -0.25) is 9.59 Å². The number of likely N-dealkylation sites (tertiary alicyclic amines) is 1. The fraction of sp³-hybridized carbons (Fsp3) is 0.444. The summed E-state index contributed by atoms with van der Waals surface area (Å²) in [7, 11) is 3.17. The van der Waals surface area contributed by atoms with Crippen LogP contribution in [0.3, 0.4) is 0 Å². The van der Waals surface area contributed by atoms with Gasteiger partial charge in [0.2, 0.25) is 11.8 Å². The minimum atomic E-state index is -0.166. The maximum Gasteiger partial charge on any atom is 0.244 e. The molecule has 0 saturated carbocycles. The molecular formula is C18H24N2O4. The summed E-state index contributed by atoms with van der Waals surface area (Å²) in [5.74, 6) is 1.39. The Bertz CT molecular complexity index is 613. The molecule has 2 amide bonds. The van der Waals surface area contributed by atoms with Crippen LogP contribution in [0.2, 0.25) is 0 Å². The molecule has 2 rings (SSSR count). The molecule has 1 aromatic rings. The van der Waals surface area contributed by atoms with Gasteiger partial charge in [-0.05, 0) is 31.1 Å². The van der Waals surface area contributed by atoms with E-state index in [1.54, 1.807) is 26.4 Å². The minimum absolute atomic E-state index is 0.166. The monoisotopic (exact) mass is 332 g/mol. The third-order valence-electron chi connectivity index (χ3n) is 3.93. The predicted molar refractivity (Wildman–Crippen MR) is 92.0 cm³/mol. The normalized spacial score (nSPS) is 14.2. The molecule has 0 bridgehead atoms. The lowest BCUT2D eigenvalue weighted by Crippen LogP contribution is -2.29. The topological polar surface area (TPSA) is 67.9 Å². The molecule has 0 atom stereocenters. The highest BCUT2D eigenvalue weighted by molar-refractivity contribution is 5.92. The van der Waals surface area contributed by atoms with Crippen molar-refractivity contribution >= 4 is 17.9 Å². The van der Waals surface area contributed by atoms with Crippen molar-refractivity contribution in [3.63, 3.8) is 0 Å². The van der Waals surface area contributed by atoms with Gasteiger partial charge in [0.25, 0.3) is 0 Å². The number of nitrogens with zero attached hydrogens (tertiary/aromatic N) is 1. The maximum atomic E-state index is 11.9. The number of ether oxygens (including phenoxy) is 2. The Balaban J connectivity index is 1.77. The largest absolute Gasteiger partial charge is 0.497 e. The van der Waals surface area contributed by atoms with E-state index < -0.39 is 0 Å². The zero-order valence-corrected chi connectivity index (χ0v) is 14.2. The minimum Gasteiger partial charge on any atom is -0.497 e. The number of amides is 2. The Morgan fingerprint density at radius 2 is 2.17 bits per heavy atom. The molecule has 1 aliphatic rings. The molecule has 1 aromatic carbocycles. The van der Waals surface area contributed by atoms with Crippen LogP contribution in [0.1, 0.15) is 24.8 Å².